The Bertz CT molecular complexity index is 202. The summed E-state index contributed by atoms with van der Waals surface area (Å²) < 4.78 is 0. The van der Waals surface area contributed by atoms with Crippen molar-refractivity contribution < 1.29 is 0 Å². The maximum atomic E-state index is 6.57. The molecule has 0 saturated heterocycles. The van der Waals surface area contributed by atoms with Gasteiger partial charge >= 0.3 is 0 Å². The Morgan fingerprint density at radius 1 is 1.89 bits per heavy atom. The molecule has 0 aliphatic rings. The van der Waals surface area contributed by atoms with E-state index in [1.54, 1.807) is 0 Å². The van der Waals surface area contributed by atoms with Crippen LogP contribution < -0.4 is 11.3 Å². The first-order valence-electron chi connectivity index (χ1n) is 2.26. The minimum absolute atomic E-state index is 0.400. The summed E-state index contributed by atoms with van der Waals surface area (Å²) in [6, 6.07) is 0. The summed E-state index contributed by atoms with van der Waals surface area (Å²) in [6.45, 7) is 0. The van der Waals surface area contributed by atoms with Crippen molar-refractivity contribution in [3.05, 3.63) is 6.20 Å². The van der Waals surface area contributed by atoms with Gasteiger partial charge in [0.15, 0.2) is 5.82 Å². The first-order valence-corrected chi connectivity index (χ1v) is 2.26. The molecule has 0 radical (unpaired) electrons. The molecule has 0 saturated carbocycles. The molecule has 5 N–H and O–H groups in total. The van der Waals surface area contributed by atoms with Crippen LogP contribution in [-0.4, -0.2) is 10.2 Å². The van der Waals surface area contributed by atoms with Gasteiger partial charge in [0.1, 0.15) is 5.69 Å². The van der Waals surface area contributed by atoms with Crippen LogP contribution in [0.15, 0.2) is 11.3 Å². The van der Waals surface area contributed by atoms with Crippen molar-refractivity contribution in [2.24, 2.45) is 11.0 Å². The second-order valence-corrected chi connectivity index (χ2v) is 1.39. The lowest BCUT2D eigenvalue weighted by atomic mass is 10.5. The van der Waals surface area contributed by atoms with Gasteiger partial charge < -0.3 is 5.43 Å². The molecule has 0 aliphatic heterocycles. The topological polar surface area (TPSA) is 103 Å². The van der Waals surface area contributed by atoms with Gasteiger partial charge in [-0.25, -0.2) is 11.4 Å². The number of nitrogen functional groups attached to an aromatic ring is 1. The van der Waals surface area contributed by atoms with E-state index in [2.05, 4.69) is 20.7 Å². The van der Waals surface area contributed by atoms with Crippen LogP contribution in [0.25, 0.3) is 0 Å². The molecule has 1 aromatic heterocycles. The van der Waals surface area contributed by atoms with Crippen molar-refractivity contribution >= 4 is 11.5 Å². The number of aromatic amines is 1. The van der Waals surface area contributed by atoms with E-state index < -0.39 is 0 Å². The monoisotopic (exact) mass is 126 g/mol. The van der Waals surface area contributed by atoms with Crippen LogP contribution in [0.1, 0.15) is 0 Å². The molecular formula is C3H6N6. The average Bonchev–Trinajstić information content (AvgIpc) is 2.33. The van der Waals surface area contributed by atoms with E-state index in [1.165, 1.54) is 6.20 Å². The molecule has 0 bridgehead atoms. The number of hydrogen-bond donors (Lipinski definition) is 4. The molecule has 6 heteroatoms. The SMILES string of the molecule is N=Nc1cn[nH]c1NN. The lowest BCUT2D eigenvalue weighted by Gasteiger charge is -1.91. The average molecular weight is 126 g/mol. The van der Waals surface area contributed by atoms with Crippen LogP contribution in [0.4, 0.5) is 11.5 Å². The zero-order valence-electron chi connectivity index (χ0n) is 4.55. The van der Waals surface area contributed by atoms with Crippen molar-refractivity contribution in [1.29, 1.82) is 5.53 Å². The maximum absolute atomic E-state index is 6.57. The van der Waals surface area contributed by atoms with Crippen LogP contribution in [0.2, 0.25) is 0 Å². The van der Waals surface area contributed by atoms with E-state index >= 15 is 0 Å². The largest absolute Gasteiger partial charge is 0.307 e. The molecule has 0 fully saturated rings. The highest BCUT2D eigenvalue weighted by atomic mass is 15.3. The molecule has 6 nitrogen and oxygen atoms in total. The fraction of sp³-hybridized carbons (Fsp3) is 0. The number of nitrogens with zero attached hydrogens (tertiary/aromatic N) is 2. The highest BCUT2D eigenvalue weighted by molar-refractivity contribution is 5.57. The normalized spacial score (nSPS) is 9.00. The summed E-state index contributed by atoms with van der Waals surface area (Å²) in [5, 5.41) is 9.20. The highest BCUT2D eigenvalue weighted by Gasteiger charge is 1.98. The minimum atomic E-state index is 0.400. The molecule has 0 unspecified atom stereocenters. The Labute approximate surface area is 50.9 Å². The number of aromatic nitrogens is 2. The summed E-state index contributed by atoms with van der Waals surface area (Å²) in [7, 11) is 0. The highest BCUT2D eigenvalue weighted by Crippen LogP contribution is 2.18. The number of nitrogens with two attached hydrogens (primary N) is 1. The van der Waals surface area contributed by atoms with Crippen molar-refractivity contribution in [2.45, 2.75) is 0 Å². The summed E-state index contributed by atoms with van der Waals surface area (Å²) in [5.41, 5.74) is 9.27. The third-order valence-corrected chi connectivity index (χ3v) is 0.884. The van der Waals surface area contributed by atoms with Crippen LogP contribution in [0.3, 0.4) is 0 Å². The van der Waals surface area contributed by atoms with Crippen molar-refractivity contribution in [3.63, 3.8) is 0 Å². The van der Waals surface area contributed by atoms with E-state index in [-0.39, 0.29) is 0 Å². The first-order chi connectivity index (χ1) is 4.38. The standard InChI is InChI=1S/C3H6N6/c4-7-2-1-6-9-3(2)8-5/h1,4H,5H2,(H2,6,8,9). The number of anilines is 1. The molecule has 0 atom stereocenters. The van der Waals surface area contributed by atoms with Gasteiger partial charge in [-0.2, -0.15) is 10.2 Å². The Hall–Kier alpha value is -1.43. The molecule has 1 rings (SSSR count). The lowest BCUT2D eigenvalue weighted by Crippen LogP contribution is -2.06. The molecule has 0 aliphatic carbocycles. The van der Waals surface area contributed by atoms with Crippen LogP contribution in [0, 0.1) is 5.53 Å². The maximum Gasteiger partial charge on any atom is 0.164 e. The number of hydrogen-bond acceptors (Lipinski definition) is 5. The van der Waals surface area contributed by atoms with Gasteiger partial charge in [-0.1, -0.05) is 0 Å². The van der Waals surface area contributed by atoms with Crippen molar-refractivity contribution in [1.82, 2.24) is 10.2 Å². The van der Waals surface area contributed by atoms with Gasteiger partial charge in [0.05, 0.1) is 6.20 Å². The molecule has 1 aromatic rings. The Kier molecular flexibility index (Phi) is 1.41. The van der Waals surface area contributed by atoms with E-state index in [9.17, 15) is 0 Å². The minimum Gasteiger partial charge on any atom is -0.307 e. The molecular weight excluding hydrogens is 120 g/mol. The second-order valence-electron chi connectivity index (χ2n) is 1.39. The number of H-pyrrole nitrogens is 1. The summed E-state index contributed by atoms with van der Waals surface area (Å²) in [6.07, 6.45) is 1.40. The molecule has 48 valence electrons. The molecule has 0 spiro atoms. The van der Waals surface area contributed by atoms with Gasteiger partial charge in [-0.15, -0.1) is 0 Å². The molecule has 0 aromatic carbocycles. The Morgan fingerprint density at radius 2 is 2.67 bits per heavy atom. The van der Waals surface area contributed by atoms with Crippen LogP contribution >= 0.6 is 0 Å². The van der Waals surface area contributed by atoms with Crippen LogP contribution in [-0.2, 0) is 0 Å². The number of nitrogens with one attached hydrogen (secondary N) is 3. The summed E-state index contributed by atoms with van der Waals surface area (Å²) in [5.74, 6) is 5.46. The van der Waals surface area contributed by atoms with Gasteiger partial charge in [-0.05, 0) is 0 Å². The van der Waals surface area contributed by atoms with E-state index in [0.29, 0.717) is 11.5 Å². The summed E-state index contributed by atoms with van der Waals surface area (Å²) >= 11 is 0. The van der Waals surface area contributed by atoms with Crippen molar-refractivity contribution in [3.8, 4) is 0 Å². The zero-order valence-corrected chi connectivity index (χ0v) is 4.55. The van der Waals surface area contributed by atoms with Crippen molar-refractivity contribution in [2.75, 3.05) is 5.43 Å². The number of rotatable bonds is 2. The predicted molar refractivity (Wildman–Crippen MR) is 31.2 cm³/mol. The van der Waals surface area contributed by atoms with E-state index in [0.717, 1.165) is 0 Å². The van der Waals surface area contributed by atoms with Gasteiger partial charge in [0.25, 0.3) is 0 Å². The molecule has 0 amide bonds. The quantitative estimate of drug-likeness (QED) is 0.261. The zero-order chi connectivity index (χ0) is 6.69. The Balaban J connectivity index is 2.98. The van der Waals surface area contributed by atoms with E-state index in [1.807, 2.05) is 0 Å². The molecule has 1 heterocycles. The Morgan fingerprint density at radius 3 is 3.11 bits per heavy atom. The van der Waals surface area contributed by atoms with Gasteiger partial charge in [0.2, 0.25) is 0 Å². The smallest absolute Gasteiger partial charge is 0.164 e. The molecule has 9 heavy (non-hydrogen) atoms. The third kappa shape index (κ3) is 0.868. The van der Waals surface area contributed by atoms with Crippen LogP contribution in [0.5, 0.6) is 0 Å². The third-order valence-electron chi connectivity index (χ3n) is 0.884. The predicted octanol–water partition coefficient (Wildman–Crippen LogP) is 0.358. The van der Waals surface area contributed by atoms with Gasteiger partial charge in [-0.3, -0.25) is 5.10 Å². The first kappa shape index (κ1) is 5.70. The summed E-state index contributed by atoms with van der Waals surface area (Å²) in [4.78, 5) is 0. The fourth-order valence-corrected chi connectivity index (χ4v) is 0.471. The second kappa shape index (κ2) is 2.23. The van der Waals surface area contributed by atoms with E-state index in [4.69, 9.17) is 11.4 Å². The lowest BCUT2D eigenvalue weighted by molar-refractivity contribution is 1.08. The number of hydrazine groups is 1. The fourth-order valence-electron chi connectivity index (χ4n) is 0.471. The van der Waals surface area contributed by atoms with Gasteiger partial charge in [0, 0.05) is 0 Å².